The molecule has 0 aliphatic rings. The molecule has 2 rings (SSSR count). The molecule has 1 aromatic heterocycles. The highest BCUT2D eigenvalue weighted by Gasteiger charge is 2.06. The van der Waals surface area contributed by atoms with Crippen molar-refractivity contribution in [1.29, 1.82) is 0 Å². The van der Waals surface area contributed by atoms with Crippen molar-refractivity contribution >= 4 is 5.69 Å². The largest absolute Gasteiger partial charge is 0.370 e. The van der Waals surface area contributed by atoms with Crippen LogP contribution in [0.2, 0.25) is 0 Å². The lowest BCUT2D eigenvalue weighted by atomic mass is 10.1. The number of hydrogen-bond donors (Lipinski definition) is 1. The van der Waals surface area contributed by atoms with Crippen LogP contribution >= 0.6 is 0 Å². The van der Waals surface area contributed by atoms with Crippen LogP contribution in [0.4, 0.5) is 10.1 Å². The van der Waals surface area contributed by atoms with Crippen molar-refractivity contribution in [2.75, 3.05) is 11.9 Å². The van der Waals surface area contributed by atoms with Gasteiger partial charge < -0.3 is 10.6 Å². The summed E-state index contributed by atoms with van der Waals surface area (Å²) in [5.74, 6) is -0.226. The summed E-state index contributed by atoms with van der Waals surface area (Å²) in [4.78, 5) is 6.28. The van der Waals surface area contributed by atoms with Crippen LogP contribution in [0.25, 0.3) is 0 Å². The van der Waals surface area contributed by atoms with Crippen molar-refractivity contribution in [3.63, 3.8) is 0 Å². The van der Waals surface area contributed by atoms with E-state index in [1.165, 1.54) is 12.1 Å². The molecule has 0 saturated heterocycles. The van der Waals surface area contributed by atoms with Crippen molar-refractivity contribution in [2.24, 2.45) is 5.73 Å². The molecule has 94 valence electrons. The molecular weight excluding hydrogens is 229 g/mol. The van der Waals surface area contributed by atoms with Gasteiger partial charge in [-0.25, -0.2) is 4.39 Å². The van der Waals surface area contributed by atoms with Gasteiger partial charge in [0.1, 0.15) is 5.82 Å². The molecule has 0 saturated carbocycles. The minimum Gasteiger partial charge on any atom is -0.370 e. The van der Waals surface area contributed by atoms with E-state index in [1.807, 2.05) is 24.1 Å². The molecular formula is C14H16FN3. The van der Waals surface area contributed by atoms with Crippen molar-refractivity contribution in [3.8, 4) is 0 Å². The molecule has 18 heavy (non-hydrogen) atoms. The first-order valence-electron chi connectivity index (χ1n) is 5.80. The van der Waals surface area contributed by atoms with Gasteiger partial charge in [-0.1, -0.05) is 6.07 Å². The zero-order valence-electron chi connectivity index (χ0n) is 10.3. The van der Waals surface area contributed by atoms with E-state index in [0.717, 1.165) is 16.9 Å². The summed E-state index contributed by atoms with van der Waals surface area (Å²) < 4.78 is 12.9. The molecule has 0 spiro atoms. The van der Waals surface area contributed by atoms with E-state index >= 15 is 0 Å². The first kappa shape index (κ1) is 12.5. The molecule has 0 amide bonds. The maximum Gasteiger partial charge on any atom is 0.123 e. The van der Waals surface area contributed by atoms with Gasteiger partial charge in [-0.3, -0.25) is 4.98 Å². The summed E-state index contributed by atoms with van der Waals surface area (Å²) in [5, 5.41) is 0. The molecule has 3 nitrogen and oxygen atoms in total. The average Bonchev–Trinajstić information content (AvgIpc) is 2.40. The van der Waals surface area contributed by atoms with Gasteiger partial charge in [0.15, 0.2) is 0 Å². The third kappa shape index (κ3) is 2.84. The number of halogens is 1. The second kappa shape index (κ2) is 5.60. The fraction of sp³-hybridized carbons (Fsp3) is 0.214. The number of pyridine rings is 1. The van der Waals surface area contributed by atoms with Crippen LogP contribution in [0.1, 0.15) is 11.3 Å². The Hall–Kier alpha value is -1.94. The van der Waals surface area contributed by atoms with Gasteiger partial charge >= 0.3 is 0 Å². The Morgan fingerprint density at radius 1 is 1.22 bits per heavy atom. The Bertz CT molecular complexity index is 511. The number of aromatic nitrogens is 1. The third-order valence-electron chi connectivity index (χ3n) is 2.85. The van der Waals surface area contributed by atoms with Gasteiger partial charge in [0.25, 0.3) is 0 Å². The zero-order chi connectivity index (χ0) is 13.0. The summed E-state index contributed by atoms with van der Waals surface area (Å²) in [5.41, 5.74) is 8.60. The predicted molar refractivity (Wildman–Crippen MR) is 70.6 cm³/mol. The van der Waals surface area contributed by atoms with E-state index in [1.54, 1.807) is 18.3 Å². The molecule has 2 aromatic rings. The van der Waals surface area contributed by atoms with Crippen molar-refractivity contribution in [3.05, 3.63) is 59.7 Å². The molecule has 0 aliphatic heterocycles. The van der Waals surface area contributed by atoms with E-state index in [4.69, 9.17) is 5.73 Å². The van der Waals surface area contributed by atoms with Crippen LogP contribution in [0.15, 0.2) is 42.6 Å². The van der Waals surface area contributed by atoms with Crippen LogP contribution in [0.3, 0.4) is 0 Å². The molecule has 2 N–H and O–H groups in total. The zero-order valence-corrected chi connectivity index (χ0v) is 10.3. The number of nitrogens with two attached hydrogens (primary N) is 1. The monoisotopic (exact) mass is 245 g/mol. The minimum absolute atomic E-state index is 0.226. The summed E-state index contributed by atoms with van der Waals surface area (Å²) >= 11 is 0. The first-order valence-corrected chi connectivity index (χ1v) is 5.80. The number of nitrogens with zero attached hydrogens (tertiary/aromatic N) is 2. The molecule has 0 atom stereocenters. The molecule has 4 heteroatoms. The second-order valence-electron chi connectivity index (χ2n) is 4.15. The topological polar surface area (TPSA) is 42.2 Å². The van der Waals surface area contributed by atoms with Crippen LogP contribution in [-0.4, -0.2) is 12.0 Å². The Balaban J connectivity index is 2.15. The quantitative estimate of drug-likeness (QED) is 0.898. The van der Waals surface area contributed by atoms with E-state index in [-0.39, 0.29) is 5.82 Å². The highest BCUT2D eigenvalue weighted by molar-refractivity contribution is 5.46. The van der Waals surface area contributed by atoms with E-state index in [9.17, 15) is 4.39 Å². The minimum atomic E-state index is -0.226. The fourth-order valence-electron chi connectivity index (χ4n) is 1.84. The number of rotatable bonds is 4. The van der Waals surface area contributed by atoms with Gasteiger partial charge in [0, 0.05) is 32.0 Å². The Kier molecular flexibility index (Phi) is 3.89. The van der Waals surface area contributed by atoms with E-state index < -0.39 is 0 Å². The second-order valence-corrected chi connectivity index (χ2v) is 4.15. The Morgan fingerprint density at radius 3 is 2.61 bits per heavy atom. The highest BCUT2D eigenvalue weighted by atomic mass is 19.1. The van der Waals surface area contributed by atoms with E-state index in [2.05, 4.69) is 4.98 Å². The molecule has 0 fully saturated rings. The van der Waals surface area contributed by atoms with Gasteiger partial charge in [-0.15, -0.1) is 0 Å². The first-order chi connectivity index (χ1) is 8.70. The summed E-state index contributed by atoms with van der Waals surface area (Å²) in [6.07, 6.45) is 1.74. The van der Waals surface area contributed by atoms with Gasteiger partial charge in [-0.05, 0) is 35.9 Å². The highest BCUT2D eigenvalue weighted by Crippen LogP contribution is 2.17. The number of benzene rings is 1. The van der Waals surface area contributed by atoms with Crippen LogP contribution in [0.5, 0.6) is 0 Å². The maximum atomic E-state index is 12.9. The maximum absolute atomic E-state index is 12.9. The van der Waals surface area contributed by atoms with Crippen LogP contribution in [0, 0.1) is 5.82 Å². The third-order valence-corrected chi connectivity index (χ3v) is 2.85. The van der Waals surface area contributed by atoms with Crippen LogP contribution in [-0.2, 0) is 13.1 Å². The lowest BCUT2D eigenvalue weighted by Crippen LogP contribution is -2.18. The molecule has 1 aromatic carbocycles. The normalized spacial score (nSPS) is 10.4. The van der Waals surface area contributed by atoms with Crippen molar-refractivity contribution in [1.82, 2.24) is 4.98 Å². The Morgan fingerprint density at radius 2 is 1.94 bits per heavy atom. The lowest BCUT2D eigenvalue weighted by molar-refractivity contribution is 0.627. The van der Waals surface area contributed by atoms with E-state index in [0.29, 0.717) is 13.1 Å². The fourth-order valence-corrected chi connectivity index (χ4v) is 1.84. The molecule has 0 aliphatic carbocycles. The summed E-state index contributed by atoms with van der Waals surface area (Å²) in [6, 6.07) is 10.3. The lowest BCUT2D eigenvalue weighted by Gasteiger charge is -2.20. The smallest absolute Gasteiger partial charge is 0.123 e. The molecule has 0 radical (unpaired) electrons. The number of anilines is 1. The van der Waals surface area contributed by atoms with Crippen molar-refractivity contribution < 1.29 is 4.39 Å². The van der Waals surface area contributed by atoms with Gasteiger partial charge in [0.05, 0.1) is 5.69 Å². The molecule has 1 heterocycles. The summed E-state index contributed by atoms with van der Waals surface area (Å²) in [7, 11) is 1.96. The van der Waals surface area contributed by atoms with Crippen molar-refractivity contribution in [2.45, 2.75) is 13.1 Å². The SMILES string of the molecule is CN(Cc1cccnc1CN)c1ccc(F)cc1. The average molecular weight is 245 g/mol. The van der Waals surface area contributed by atoms with Gasteiger partial charge in [-0.2, -0.15) is 0 Å². The molecule has 0 unspecified atom stereocenters. The standard InChI is InChI=1S/C14H16FN3/c1-18(13-6-4-12(15)5-7-13)10-11-3-2-8-17-14(11)9-16/h2-8H,9-10,16H2,1H3. The summed E-state index contributed by atoms with van der Waals surface area (Å²) in [6.45, 7) is 1.12. The van der Waals surface area contributed by atoms with Crippen LogP contribution < -0.4 is 10.6 Å². The Labute approximate surface area is 106 Å². The van der Waals surface area contributed by atoms with Gasteiger partial charge in [0.2, 0.25) is 0 Å². The molecule has 0 bridgehead atoms. The number of hydrogen-bond acceptors (Lipinski definition) is 3. The predicted octanol–water partition coefficient (Wildman–Crippen LogP) is 2.32.